The summed E-state index contributed by atoms with van der Waals surface area (Å²) in [6.07, 6.45) is -2.14. The number of aliphatic hydroxyl groups is 6. The molecule has 19 heavy (non-hydrogen) atoms. The van der Waals surface area contributed by atoms with Crippen molar-refractivity contribution in [3.8, 4) is 0 Å². The normalized spacial score (nSPS) is 19.7. The van der Waals surface area contributed by atoms with Gasteiger partial charge in [0.25, 0.3) is 0 Å². The molecular formula is C12H27O6Si. The molecule has 0 aromatic rings. The molecule has 0 bridgehead atoms. The zero-order valence-corrected chi connectivity index (χ0v) is 12.3. The van der Waals surface area contributed by atoms with E-state index in [1.807, 2.05) is 0 Å². The second-order valence-corrected chi connectivity index (χ2v) is 9.95. The molecule has 6 N–H and O–H groups in total. The van der Waals surface area contributed by atoms with Crippen LogP contribution in [0, 0.1) is 6.92 Å². The minimum atomic E-state index is -2.34. The molecule has 0 saturated carbocycles. The molecule has 0 aliphatic heterocycles. The second kappa shape index (κ2) is 9.81. The smallest absolute Gasteiger partial charge is 0.0747 e. The molecule has 7 heteroatoms. The van der Waals surface area contributed by atoms with Crippen molar-refractivity contribution in [2.75, 3.05) is 19.8 Å². The number of hydrogen-bond donors (Lipinski definition) is 6. The van der Waals surface area contributed by atoms with Gasteiger partial charge in [-0.2, -0.15) is 0 Å². The summed E-state index contributed by atoms with van der Waals surface area (Å²) in [4.78, 5) is 0. The first-order valence-electron chi connectivity index (χ1n) is 6.59. The van der Waals surface area contributed by atoms with E-state index in [2.05, 4.69) is 6.92 Å². The molecule has 0 amide bonds. The van der Waals surface area contributed by atoms with Gasteiger partial charge < -0.3 is 30.6 Å². The van der Waals surface area contributed by atoms with E-state index in [0.29, 0.717) is 30.6 Å². The standard InChI is InChI=1S/C12H27O6Si/c1-2-3-19(7-10(16)4-13,8-11(17)5-14)9-12(18)6-15/h10-18H,1-9H2. The Hall–Kier alpha value is -0.0231. The summed E-state index contributed by atoms with van der Waals surface area (Å²) in [7, 11) is -2.34. The van der Waals surface area contributed by atoms with E-state index in [9.17, 15) is 15.3 Å². The molecule has 0 spiro atoms. The molecule has 3 atom stereocenters. The van der Waals surface area contributed by atoms with Crippen LogP contribution >= 0.6 is 0 Å². The van der Waals surface area contributed by atoms with E-state index >= 15 is 0 Å². The van der Waals surface area contributed by atoms with Gasteiger partial charge in [-0.25, -0.2) is 0 Å². The molecule has 115 valence electrons. The summed E-state index contributed by atoms with van der Waals surface area (Å²) in [6.45, 7) is 2.64. The minimum Gasteiger partial charge on any atom is -0.394 e. The van der Waals surface area contributed by atoms with Crippen LogP contribution in [0.3, 0.4) is 0 Å². The summed E-state index contributed by atoms with van der Waals surface area (Å²) >= 11 is 0. The summed E-state index contributed by atoms with van der Waals surface area (Å²) in [5.74, 6) is 0. The average molecular weight is 295 g/mol. The van der Waals surface area contributed by atoms with Crippen LogP contribution in [0.4, 0.5) is 0 Å². The van der Waals surface area contributed by atoms with Crippen molar-refractivity contribution >= 4 is 8.07 Å². The number of aliphatic hydroxyl groups excluding tert-OH is 6. The van der Waals surface area contributed by atoms with Crippen LogP contribution in [0.5, 0.6) is 0 Å². The van der Waals surface area contributed by atoms with Gasteiger partial charge in [0.15, 0.2) is 0 Å². The van der Waals surface area contributed by atoms with Gasteiger partial charge in [0.05, 0.1) is 46.2 Å². The van der Waals surface area contributed by atoms with Crippen LogP contribution in [-0.2, 0) is 0 Å². The van der Waals surface area contributed by atoms with Crippen molar-refractivity contribution in [2.45, 2.75) is 48.9 Å². The quantitative estimate of drug-likeness (QED) is 0.264. The fourth-order valence-electron chi connectivity index (χ4n) is 2.62. The predicted octanol–water partition coefficient (Wildman–Crippen LogP) is -1.28. The Bertz CT molecular complexity index is 197. The lowest BCUT2D eigenvalue weighted by Gasteiger charge is -2.36. The summed E-state index contributed by atoms with van der Waals surface area (Å²) in [5.41, 5.74) is 0. The lowest BCUT2D eigenvalue weighted by molar-refractivity contribution is 0.0938. The van der Waals surface area contributed by atoms with Gasteiger partial charge in [-0.05, 0) is 18.1 Å². The molecule has 3 unspecified atom stereocenters. The third-order valence-corrected chi connectivity index (χ3v) is 8.77. The third kappa shape index (κ3) is 7.36. The molecular weight excluding hydrogens is 268 g/mol. The van der Waals surface area contributed by atoms with Crippen LogP contribution in [0.1, 0.15) is 6.42 Å². The molecule has 0 aliphatic carbocycles. The molecule has 0 heterocycles. The Kier molecular flexibility index (Phi) is 9.80. The molecule has 0 saturated heterocycles. The second-order valence-electron chi connectivity index (χ2n) is 5.23. The van der Waals surface area contributed by atoms with Crippen molar-refractivity contribution in [1.29, 1.82) is 0 Å². The Morgan fingerprint density at radius 3 is 1.26 bits per heavy atom. The van der Waals surface area contributed by atoms with Gasteiger partial charge in [0, 0.05) is 0 Å². The van der Waals surface area contributed by atoms with E-state index in [1.165, 1.54) is 0 Å². The topological polar surface area (TPSA) is 121 Å². The van der Waals surface area contributed by atoms with Gasteiger partial charge in [-0.1, -0.05) is 19.4 Å². The zero-order chi connectivity index (χ0) is 14.9. The lowest BCUT2D eigenvalue weighted by Crippen LogP contribution is -2.45. The SMILES string of the molecule is [CH2]CC[Si](CC(O)CO)(CC(O)CO)CC(O)CO. The number of hydrogen-bond acceptors (Lipinski definition) is 6. The van der Waals surface area contributed by atoms with E-state index in [0.717, 1.165) is 0 Å². The Labute approximate surface area is 115 Å². The maximum absolute atomic E-state index is 9.67. The molecule has 1 radical (unpaired) electrons. The van der Waals surface area contributed by atoms with E-state index in [-0.39, 0.29) is 19.8 Å². The van der Waals surface area contributed by atoms with Crippen molar-refractivity contribution in [1.82, 2.24) is 0 Å². The fraction of sp³-hybridized carbons (Fsp3) is 0.917. The largest absolute Gasteiger partial charge is 0.394 e. The van der Waals surface area contributed by atoms with Gasteiger partial charge in [0.1, 0.15) is 0 Å². The van der Waals surface area contributed by atoms with Crippen LogP contribution < -0.4 is 0 Å². The van der Waals surface area contributed by atoms with Crippen LogP contribution in [-0.4, -0.2) is 76.8 Å². The monoisotopic (exact) mass is 295 g/mol. The highest BCUT2D eigenvalue weighted by molar-refractivity contribution is 6.80. The van der Waals surface area contributed by atoms with Crippen molar-refractivity contribution in [3.63, 3.8) is 0 Å². The molecule has 6 nitrogen and oxygen atoms in total. The van der Waals surface area contributed by atoms with E-state index < -0.39 is 26.4 Å². The van der Waals surface area contributed by atoms with Crippen molar-refractivity contribution in [3.05, 3.63) is 6.92 Å². The Balaban J connectivity index is 4.96. The van der Waals surface area contributed by atoms with Crippen LogP contribution in [0.25, 0.3) is 0 Å². The highest BCUT2D eigenvalue weighted by atomic mass is 28.3. The van der Waals surface area contributed by atoms with Crippen molar-refractivity contribution < 1.29 is 30.6 Å². The van der Waals surface area contributed by atoms with E-state index in [4.69, 9.17) is 15.3 Å². The first kappa shape index (κ1) is 19.0. The highest BCUT2D eigenvalue weighted by Crippen LogP contribution is 2.31. The molecule has 0 aliphatic rings. The molecule has 0 aromatic carbocycles. The highest BCUT2D eigenvalue weighted by Gasteiger charge is 2.37. The maximum Gasteiger partial charge on any atom is 0.0747 e. The van der Waals surface area contributed by atoms with Gasteiger partial charge in [0.2, 0.25) is 0 Å². The number of rotatable bonds is 11. The molecule has 0 aromatic heterocycles. The predicted molar refractivity (Wildman–Crippen MR) is 74.2 cm³/mol. The summed E-state index contributed by atoms with van der Waals surface area (Å²) < 4.78 is 0. The van der Waals surface area contributed by atoms with Gasteiger partial charge >= 0.3 is 0 Å². The fourth-order valence-corrected chi connectivity index (χ4v) is 7.87. The van der Waals surface area contributed by atoms with Gasteiger partial charge in [-0.15, -0.1) is 0 Å². The first-order valence-corrected chi connectivity index (χ1v) is 9.42. The Morgan fingerprint density at radius 2 is 1.05 bits per heavy atom. The Morgan fingerprint density at radius 1 is 0.737 bits per heavy atom. The molecule has 0 fully saturated rings. The lowest BCUT2D eigenvalue weighted by atomic mass is 10.4. The summed E-state index contributed by atoms with van der Waals surface area (Å²) in [6, 6.07) is 1.59. The maximum atomic E-state index is 9.67. The van der Waals surface area contributed by atoms with Crippen LogP contribution in [0.15, 0.2) is 0 Å². The first-order chi connectivity index (χ1) is 8.92. The zero-order valence-electron chi connectivity index (χ0n) is 11.3. The van der Waals surface area contributed by atoms with Crippen LogP contribution in [0.2, 0.25) is 24.2 Å². The van der Waals surface area contributed by atoms with Gasteiger partial charge in [-0.3, -0.25) is 0 Å². The third-order valence-electron chi connectivity index (χ3n) is 3.35. The summed E-state index contributed by atoms with van der Waals surface area (Å²) in [5, 5.41) is 55.9. The van der Waals surface area contributed by atoms with Crippen molar-refractivity contribution in [2.24, 2.45) is 0 Å². The average Bonchev–Trinajstić information content (AvgIpc) is 2.38. The van der Waals surface area contributed by atoms with E-state index in [1.54, 1.807) is 0 Å². The molecule has 0 rings (SSSR count). The minimum absolute atomic E-state index is 0.313.